The van der Waals surface area contributed by atoms with E-state index in [1.807, 2.05) is 23.4 Å². The van der Waals surface area contributed by atoms with E-state index >= 15 is 0 Å². The fourth-order valence-corrected chi connectivity index (χ4v) is 4.85. The molecule has 0 radical (unpaired) electrons. The van der Waals surface area contributed by atoms with Crippen molar-refractivity contribution in [3.63, 3.8) is 0 Å². The predicted octanol–water partition coefficient (Wildman–Crippen LogP) is 4.43. The smallest absolute Gasteiger partial charge is 0.235 e. The molecule has 4 nitrogen and oxygen atoms in total. The maximum atomic E-state index is 6.17. The number of aromatic nitrogens is 2. The predicted molar refractivity (Wildman–Crippen MR) is 105 cm³/mol. The third-order valence-electron chi connectivity index (χ3n) is 4.40. The van der Waals surface area contributed by atoms with Crippen LogP contribution < -0.4 is 4.74 Å². The second-order valence-corrected chi connectivity index (χ2v) is 8.23. The van der Waals surface area contributed by atoms with Crippen LogP contribution in [0.3, 0.4) is 0 Å². The molecule has 3 heterocycles. The van der Waals surface area contributed by atoms with Crippen LogP contribution in [-0.2, 0) is 6.42 Å². The van der Waals surface area contributed by atoms with E-state index < -0.39 is 0 Å². The highest BCUT2D eigenvalue weighted by Crippen LogP contribution is 2.29. The molecule has 25 heavy (non-hydrogen) atoms. The summed E-state index contributed by atoms with van der Waals surface area (Å²) in [5.74, 6) is 1.88. The summed E-state index contributed by atoms with van der Waals surface area (Å²) in [6.45, 7) is 2.14. The summed E-state index contributed by atoms with van der Waals surface area (Å²) in [5.41, 5.74) is 2.39. The van der Waals surface area contributed by atoms with Gasteiger partial charge in [0.2, 0.25) is 5.88 Å². The number of hydrogen-bond acceptors (Lipinski definition) is 6. The Kier molecular flexibility index (Phi) is 5.49. The molecule has 4 rings (SSSR count). The second kappa shape index (κ2) is 8.17. The summed E-state index contributed by atoms with van der Waals surface area (Å²) in [6, 6.07) is 12.7. The van der Waals surface area contributed by atoms with Crippen LogP contribution in [0.15, 0.2) is 48.1 Å². The Hall–Kier alpha value is -1.63. The van der Waals surface area contributed by atoms with Crippen molar-refractivity contribution >= 4 is 33.5 Å². The second-order valence-electron chi connectivity index (χ2n) is 6.13. The van der Waals surface area contributed by atoms with Crippen LogP contribution in [-0.4, -0.2) is 39.2 Å². The van der Waals surface area contributed by atoms with Gasteiger partial charge < -0.3 is 4.74 Å². The monoisotopic (exact) mass is 371 g/mol. The van der Waals surface area contributed by atoms with Gasteiger partial charge in [0.05, 0.1) is 5.52 Å². The molecule has 0 N–H and O–H groups in total. The number of hydrogen-bond donors (Lipinski definition) is 0. The van der Waals surface area contributed by atoms with E-state index in [1.165, 1.54) is 5.56 Å². The summed E-state index contributed by atoms with van der Waals surface area (Å²) < 4.78 is 9.71. The number of fused-ring (bicyclic) bond motifs is 1. The summed E-state index contributed by atoms with van der Waals surface area (Å²) >= 11 is 3.61. The molecule has 0 aliphatic carbocycles. The largest absolute Gasteiger partial charge is 0.473 e. The quantitative estimate of drug-likeness (QED) is 0.600. The highest BCUT2D eigenvalue weighted by Gasteiger charge is 2.22. The van der Waals surface area contributed by atoms with Crippen molar-refractivity contribution in [2.75, 3.05) is 18.8 Å². The van der Waals surface area contributed by atoms with E-state index in [1.54, 1.807) is 17.7 Å². The maximum Gasteiger partial charge on any atom is 0.235 e. The Morgan fingerprint density at radius 1 is 1.12 bits per heavy atom. The standard InChI is InChI=1S/C19H21N3OS2/c1-2-4-15(5-3-1)8-13-25-22-10-6-16(7-11-22)23-19-18-17(9-12-24-18)20-14-21-19/h1-5,9,12,14,16H,6-8,10-11,13H2. The van der Waals surface area contributed by atoms with Gasteiger partial charge in [0, 0.05) is 18.8 Å². The first kappa shape index (κ1) is 16.8. The summed E-state index contributed by atoms with van der Waals surface area (Å²) in [5, 5.41) is 2.04. The van der Waals surface area contributed by atoms with Crippen molar-refractivity contribution in [3.8, 4) is 5.88 Å². The topological polar surface area (TPSA) is 38.2 Å². The van der Waals surface area contributed by atoms with Crippen molar-refractivity contribution in [2.45, 2.75) is 25.4 Å². The Labute approximate surface area is 156 Å². The molecule has 2 aromatic heterocycles. The molecular weight excluding hydrogens is 350 g/mol. The maximum absolute atomic E-state index is 6.17. The van der Waals surface area contributed by atoms with Crippen molar-refractivity contribution in [1.82, 2.24) is 14.3 Å². The van der Waals surface area contributed by atoms with Crippen LogP contribution in [0.2, 0.25) is 0 Å². The number of nitrogens with zero attached hydrogens (tertiary/aromatic N) is 3. The molecular formula is C19H21N3OS2. The van der Waals surface area contributed by atoms with Crippen molar-refractivity contribution in [2.24, 2.45) is 0 Å². The number of thiophene rings is 1. The van der Waals surface area contributed by atoms with Crippen LogP contribution in [0.4, 0.5) is 0 Å². The van der Waals surface area contributed by atoms with Gasteiger partial charge in [-0.05, 0) is 36.3 Å². The van der Waals surface area contributed by atoms with Gasteiger partial charge >= 0.3 is 0 Å². The minimum Gasteiger partial charge on any atom is -0.473 e. The normalized spacial score (nSPS) is 16.3. The molecule has 0 amide bonds. The van der Waals surface area contributed by atoms with Gasteiger partial charge in [0.25, 0.3) is 0 Å². The minimum atomic E-state index is 0.256. The van der Waals surface area contributed by atoms with Crippen molar-refractivity contribution < 1.29 is 4.74 Å². The van der Waals surface area contributed by atoms with E-state index in [0.717, 1.165) is 54.2 Å². The Bertz CT molecular complexity index is 801. The lowest BCUT2D eigenvalue weighted by Crippen LogP contribution is -2.34. The Morgan fingerprint density at radius 3 is 2.80 bits per heavy atom. The first-order valence-electron chi connectivity index (χ1n) is 8.65. The molecule has 0 atom stereocenters. The van der Waals surface area contributed by atoms with Gasteiger partial charge in [-0.1, -0.05) is 42.3 Å². The van der Waals surface area contributed by atoms with E-state index in [9.17, 15) is 0 Å². The van der Waals surface area contributed by atoms with E-state index in [2.05, 4.69) is 44.6 Å². The summed E-state index contributed by atoms with van der Waals surface area (Å²) in [4.78, 5) is 8.61. The Morgan fingerprint density at radius 2 is 1.96 bits per heavy atom. The molecule has 130 valence electrons. The zero-order valence-corrected chi connectivity index (χ0v) is 15.6. The minimum absolute atomic E-state index is 0.256. The fraction of sp³-hybridized carbons (Fsp3) is 0.368. The van der Waals surface area contributed by atoms with Crippen molar-refractivity contribution in [3.05, 3.63) is 53.7 Å². The average Bonchev–Trinajstić information content (AvgIpc) is 3.14. The number of rotatable bonds is 6. The van der Waals surface area contributed by atoms with Gasteiger partial charge in [-0.3, -0.25) is 4.31 Å². The lowest BCUT2D eigenvalue weighted by molar-refractivity contribution is 0.135. The molecule has 1 aliphatic rings. The molecule has 1 aliphatic heterocycles. The fourth-order valence-electron chi connectivity index (χ4n) is 3.02. The van der Waals surface area contributed by atoms with E-state index in [4.69, 9.17) is 4.74 Å². The summed E-state index contributed by atoms with van der Waals surface area (Å²) in [6.07, 6.45) is 5.08. The molecule has 0 bridgehead atoms. The zero-order valence-electron chi connectivity index (χ0n) is 14.0. The van der Waals surface area contributed by atoms with Crippen LogP contribution in [0, 0.1) is 0 Å². The van der Waals surface area contributed by atoms with Gasteiger partial charge in [-0.25, -0.2) is 9.97 Å². The number of benzene rings is 1. The molecule has 1 aromatic carbocycles. The first-order valence-corrected chi connectivity index (χ1v) is 10.5. The lowest BCUT2D eigenvalue weighted by Gasteiger charge is -2.31. The lowest BCUT2D eigenvalue weighted by atomic mass is 10.1. The van der Waals surface area contributed by atoms with E-state index in [-0.39, 0.29) is 6.10 Å². The molecule has 6 heteroatoms. The van der Waals surface area contributed by atoms with Gasteiger partial charge in [0.15, 0.2) is 0 Å². The van der Waals surface area contributed by atoms with Crippen LogP contribution in [0.25, 0.3) is 10.2 Å². The molecule has 1 saturated heterocycles. The van der Waals surface area contributed by atoms with Gasteiger partial charge in [-0.2, -0.15) is 0 Å². The highest BCUT2D eigenvalue weighted by molar-refractivity contribution is 7.97. The first-order chi connectivity index (χ1) is 12.4. The number of ether oxygens (including phenoxy) is 1. The molecule has 1 fully saturated rings. The molecule has 0 unspecified atom stereocenters. The third-order valence-corrected chi connectivity index (χ3v) is 6.41. The highest BCUT2D eigenvalue weighted by atomic mass is 32.2. The Balaban J connectivity index is 1.24. The van der Waals surface area contributed by atoms with Crippen LogP contribution >= 0.6 is 23.3 Å². The SMILES string of the molecule is c1ccc(CCSN2CCC(Oc3ncnc4ccsc34)CC2)cc1. The van der Waals surface area contributed by atoms with Crippen molar-refractivity contribution in [1.29, 1.82) is 0 Å². The van der Waals surface area contributed by atoms with E-state index in [0.29, 0.717) is 0 Å². The zero-order chi connectivity index (χ0) is 16.9. The number of piperidine rings is 1. The number of aryl methyl sites for hydroxylation is 1. The molecule has 0 spiro atoms. The van der Waals surface area contributed by atoms with Crippen LogP contribution in [0.5, 0.6) is 5.88 Å². The van der Waals surface area contributed by atoms with Gasteiger partial charge in [0.1, 0.15) is 17.1 Å². The molecule has 0 saturated carbocycles. The average molecular weight is 372 g/mol. The molecule has 3 aromatic rings. The van der Waals surface area contributed by atoms with Crippen LogP contribution in [0.1, 0.15) is 18.4 Å². The summed E-state index contributed by atoms with van der Waals surface area (Å²) in [7, 11) is 0. The van der Waals surface area contributed by atoms with Gasteiger partial charge in [-0.15, -0.1) is 11.3 Å². The third kappa shape index (κ3) is 4.32.